The molecule has 2 fully saturated rings. The molecule has 4 nitrogen and oxygen atoms in total. The van der Waals surface area contributed by atoms with Crippen molar-refractivity contribution in [3.05, 3.63) is 35.6 Å². The van der Waals surface area contributed by atoms with E-state index in [0.29, 0.717) is 12.1 Å². The highest BCUT2D eigenvalue weighted by atomic mass is 19.1. The van der Waals surface area contributed by atoms with Crippen LogP contribution >= 0.6 is 0 Å². The summed E-state index contributed by atoms with van der Waals surface area (Å²) in [6, 6.07) is 6.05. The number of amides is 1. The van der Waals surface area contributed by atoms with Crippen molar-refractivity contribution in [2.75, 3.05) is 13.1 Å². The fourth-order valence-electron chi connectivity index (χ4n) is 3.74. The van der Waals surface area contributed by atoms with E-state index in [-0.39, 0.29) is 30.1 Å². The van der Waals surface area contributed by atoms with Crippen LogP contribution in [0.2, 0.25) is 0 Å². The van der Waals surface area contributed by atoms with E-state index in [2.05, 4.69) is 0 Å². The van der Waals surface area contributed by atoms with E-state index in [1.54, 1.807) is 17.0 Å². The number of likely N-dealkylation sites (tertiary alicyclic amines) is 1. The minimum absolute atomic E-state index is 0.0423. The summed E-state index contributed by atoms with van der Waals surface area (Å²) < 4.78 is 13.4. The molecule has 1 aromatic carbocycles. The van der Waals surface area contributed by atoms with Crippen molar-refractivity contribution >= 4 is 11.9 Å². The molecule has 1 saturated heterocycles. The van der Waals surface area contributed by atoms with Crippen molar-refractivity contribution in [1.82, 2.24) is 4.90 Å². The lowest BCUT2D eigenvalue weighted by atomic mass is 9.89. The van der Waals surface area contributed by atoms with E-state index in [4.69, 9.17) is 0 Å². The molecule has 0 unspecified atom stereocenters. The molecular weight excluding hydrogens is 285 g/mol. The van der Waals surface area contributed by atoms with Crippen LogP contribution in [0.5, 0.6) is 0 Å². The second kappa shape index (κ2) is 6.07. The summed E-state index contributed by atoms with van der Waals surface area (Å²) in [5.41, 5.74) is 0.661. The van der Waals surface area contributed by atoms with Gasteiger partial charge in [0, 0.05) is 24.9 Å². The van der Waals surface area contributed by atoms with Gasteiger partial charge < -0.3 is 10.0 Å². The standard InChI is InChI=1S/C17H20FNO3/c18-13-7-3-6-12(8-13)14-9-19(10-15(14)17(21)22)16(20)11-4-1-2-5-11/h3,6-8,11,14-15H,1-2,4-5,9-10H2,(H,21,22)/t14-,15+/m0/s1. The SMILES string of the molecule is O=C(O)[C@@H]1CN(C(=O)C2CCCC2)C[C@H]1c1cccc(F)c1. The molecule has 2 aliphatic rings. The molecule has 1 aliphatic carbocycles. The molecule has 0 spiro atoms. The van der Waals surface area contributed by atoms with Crippen LogP contribution in [-0.2, 0) is 9.59 Å². The first-order chi connectivity index (χ1) is 10.6. The Bertz CT molecular complexity index is 583. The largest absolute Gasteiger partial charge is 0.481 e. The molecule has 1 heterocycles. The zero-order chi connectivity index (χ0) is 15.7. The lowest BCUT2D eigenvalue weighted by Gasteiger charge is -2.20. The fourth-order valence-corrected chi connectivity index (χ4v) is 3.74. The van der Waals surface area contributed by atoms with Crippen LogP contribution in [0.4, 0.5) is 4.39 Å². The molecule has 2 atom stereocenters. The van der Waals surface area contributed by atoms with Gasteiger partial charge >= 0.3 is 5.97 Å². The van der Waals surface area contributed by atoms with Crippen LogP contribution in [-0.4, -0.2) is 35.0 Å². The second-order valence-corrected chi connectivity index (χ2v) is 6.33. The van der Waals surface area contributed by atoms with Gasteiger partial charge in [-0.2, -0.15) is 0 Å². The quantitative estimate of drug-likeness (QED) is 0.934. The Balaban J connectivity index is 1.80. The minimum atomic E-state index is -0.920. The highest BCUT2D eigenvalue weighted by Gasteiger charge is 2.42. The van der Waals surface area contributed by atoms with Gasteiger partial charge in [0.05, 0.1) is 5.92 Å². The second-order valence-electron chi connectivity index (χ2n) is 6.33. The topological polar surface area (TPSA) is 57.6 Å². The van der Waals surface area contributed by atoms with Gasteiger partial charge in [0.15, 0.2) is 0 Å². The zero-order valence-corrected chi connectivity index (χ0v) is 12.4. The van der Waals surface area contributed by atoms with E-state index in [1.165, 1.54) is 12.1 Å². The molecule has 1 saturated carbocycles. The van der Waals surface area contributed by atoms with Crippen LogP contribution in [0.25, 0.3) is 0 Å². The molecule has 1 aliphatic heterocycles. The van der Waals surface area contributed by atoms with Crippen LogP contribution in [0, 0.1) is 17.7 Å². The monoisotopic (exact) mass is 305 g/mol. The fraction of sp³-hybridized carbons (Fsp3) is 0.529. The van der Waals surface area contributed by atoms with Gasteiger partial charge in [-0.25, -0.2) is 4.39 Å². The number of benzene rings is 1. The molecule has 0 bridgehead atoms. The highest BCUT2D eigenvalue weighted by molar-refractivity contribution is 5.81. The number of nitrogens with zero attached hydrogens (tertiary/aromatic N) is 1. The number of carbonyl (C=O) groups is 2. The Kier molecular flexibility index (Phi) is 4.14. The third-order valence-electron chi connectivity index (χ3n) is 4.93. The van der Waals surface area contributed by atoms with Crippen molar-refractivity contribution in [1.29, 1.82) is 0 Å². The van der Waals surface area contributed by atoms with Crippen molar-refractivity contribution in [3.8, 4) is 0 Å². The van der Waals surface area contributed by atoms with Gasteiger partial charge in [-0.3, -0.25) is 9.59 Å². The van der Waals surface area contributed by atoms with Crippen LogP contribution in [0.3, 0.4) is 0 Å². The number of carboxylic acids is 1. The first-order valence-corrected chi connectivity index (χ1v) is 7.83. The summed E-state index contributed by atoms with van der Waals surface area (Å²) >= 11 is 0. The first kappa shape index (κ1) is 15.0. The van der Waals surface area contributed by atoms with Gasteiger partial charge in [0.25, 0.3) is 0 Å². The number of carboxylic acid groups (broad SMARTS) is 1. The van der Waals surface area contributed by atoms with E-state index < -0.39 is 11.9 Å². The third kappa shape index (κ3) is 2.85. The van der Waals surface area contributed by atoms with Crippen LogP contribution in [0.1, 0.15) is 37.2 Å². The van der Waals surface area contributed by atoms with Gasteiger partial charge in [-0.15, -0.1) is 0 Å². The minimum Gasteiger partial charge on any atom is -0.481 e. The Labute approximate surface area is 128 Å². The maximum atomic E-state index is 13.4. The smallest absolute Gasteiger partial charge is 0.308 e. The van der Waals surface area contributed by atoms with Gasteiger partial charge in [0.1, 0.15) is 5.82 Å². The maximum Gasteiger partial charge on any atom is 0.308 e. The third-order valence-corrected chi connectivity index (χ3v) is 4.93. The van der Waals surface area contributed by atoms with E-state index in [0.717, 1.165) is 25.7 Å². The Morgan fingerprint density at radius 2 is 1.91 bits per heavy atom. The van der Waals surface area contributed by atoms with Crippen LogP contribution < -0.4 is 0 Å². The van der Waals surface area contributed by atoms with E-state index in [9.17, 15) is 19.1 Å². The Morgan fingerprint density at radius 1 is 1.18 bits per heavy atom. The van der Waals surface area contributed by atoms with E-state index in [1.807, 2.05) is 0 Å². The van der Waals surface area contributed by atoms with Gasteiger partial charge in [0.2, 0.25) is 5.91 Å². The molecular formula is C17H20FNO3. The van der Waals surface area contributed by atoms with Crippen LogP contribution in [0.15, 0.2) is 24.3 Å². The summed E-state index contributed by atoms with van der Waals surface area (Å²) in [7, 11) is 0. The first-order valence-electron chi connectivity index (χ1n) is 7.83. The number of halogens is 1. The Morgan fingerprint density at radius 3 is 2.55 bits per heavy atom. The van der Waals surface area contributed by atoms with Crippen molar-refractivity contribution in [2.24, 2.45) is 11.8 Å². The molecule has 1 N–H and O–H groups in total. The molecule has 0 radical (unpaired) electrons. The van der Waals surface area contributed by atoms with Crippen molar-refractivity contribution < 1.29 is 19.1 Å². The summed E-state index contributed by atoms with van der Waals surface area (Å²) in [6.45, 7) is 0.599. The number of carbonyl (C=O) groups excluding carboxylic acids is 1. The predicted molar refractivity (Wildman–Crippen MR) is 78.8 cm³/mol. The molecule has 1 amide bonds. The summed E-state index contributed by atoms with van der Waals surface area (Å²) in [6.07, 6.45) is 3.94. The van der Waals surface area contributed by atoms with E-state index >= 15 is 0 Å². The summed E-state index contributed by atoms with van der Waals surface area (Å²) in [4.78, 5) is 25.7. The van der Waals surface area contributed by atoms with Gasteiger partial charge in [-0.05, 0) is 30.5 Å². The van der Waals surface area contributed by atoms with Crippen molar-refractivity contribution in [2.45, 2.75) is 31.6 Å². The number of hydrogen-bond donors (Lipinski definition) is 1. The number of aliphatic carboxylic acids is 1. The van der Waals surface area contributed by atoms with Gasteiger partial charge in [-0.1, -0.05) is 25.0 Å². The maximum absolute atomic E-state index is 13.4. The number of rotatable bonds is 3. The predicted octanol–water partition coefficient (Wildman–Crippen LogP) is 2.64. The molecule has 1 aromatic rings. The molecule has 3 rings (SSSR count). The molecule has 118 valence electrons. The van der Waals surface area contributed by atoms with Crippen molar-refractivity contribution in [3.63, 3.8) is 0 Å². The summed E-state index contributed by atoms with van der Waals surface area (Å²) in [5.74, 6) is -2.17. The average Bonchev–Trinajstić information content (AvgIpc) is 3.16. The number of hydrogen-bond acceptors (Lipinski definition) is 2. The molecule has 22 heavy (non-hydrogen) atoms. The summed E-state index contributed by atoms with van der Waals surface area (Å²) in [5, 5.41) is 9.45. The lowest BCUT2D eigenvalue weighted by molar-refractivity contribution is -0.142. The average molecular weight is 305 g/mol. The molecule has 0 aromatic heterocycles. The normalized spacial score (nSPS) is 25.6. The molecule has 5 heteroatoms. The lowest BCUT2D eigenvalue weighted by Crippen LogP contribution is -2.34. The highest BCUT2D eigenvalue weighted by Crippen LogP contribution is 2.36. The Hall–Kier alpha value is -1.91. The zero-order valence-electron chi connectivity index (χ0n) is 12.4.